The molecule has 5 nitrogen and oxygen atoms in total. The summed E-state index contributed by atoms with van der Waals surface area (Å²) in [6.45, 7) is 4.61. The monoisotopic (exact) mass is 462 g/mol. The van der Waals surface area contributed by atoms with Gasteiger partial charge in [0.25, 0.3) is 0 Å². The van der Waals surface area contributed by atoms with E-state index in [1.807, 2.05) is 30.0 Å². The second-order valence-electron chi connectivity index (χ2n) is 8.59. The smallest absolute Gasteiger partial charge is 0.308 e. The van der Waals surface area contributed by atoms with E-state index in [9.17, 15) is 9.90 Å². The molecule has 0 aliphatic carbocycles. The van der Waals surface area contributed by atoms with Gasteiger partial charge in [0.05, 0.1) is 18.5 Å². The number of nitrogens with zero attached hydrogens (tertiary/aromatic N) is 2. The van der Waals surface area contributed by atoms with Gasteiger partial charge in [-0.3, -0.25) is 9.78 Å². The standard InChI is InChI=1S/C25H35FN2O3S/c1-3-14-32-15-4-12-28-13-10-18(22(17-28)25(29)30)5-7-23(26)20-9-11-27-24-8-6-19(31-2)16-21(20)24/h6,8-9,11,16,18,22-23H,3-5,7,10,12-15,17H2,1-2H3,(H,29,30)/t18-,22+,23+/m1/s1. The molecule has 0 bridgehead atoms. The molecule has 1 saturated heterocycles. The summed E-state index contributed by atoms with van der Waals surface area (Å²) >= 11 is 1.96. The summed E-state index contributed by atoms with van der Waals surface area (Å²) in [7, 11) is 1.59. The first-order chi connectivity index (χ1) is 15.5. The molecule has 3 rings (SSSR count). The van der Waals surface area contributed by atoms with E-state index < -0.39 is 18.1 Å². The van der Waals surface area contributed by atoms with E-state index in [-0.39, 0.29) is 5.92 Å². The number of halogens is 1. The topological polar surface area (TPSA) is 62.7 Å². The van der Waals surface area contributed by atoms with E-state index in [0.717, 1.165) is 42.6 Å². The van der Waals surface area contributed by atoms with Crippen molar-refractivity contribution in [2.75, 3.05) is 38.2 Å². The van der Waals surface area contributed by atoms with Crippen molar-refractivity contribution in [3.05, 3.63) is 36.0 Å². The Kier molecular flexibility index (Phi) is 9.60. The number of aromatic nitrogens is 1. The third-order valence-corrected chi connectivity index (χ3v) is 7.65. The fraction of sp³-hybridized carbons (Fsp3) is 0.600. The summed E-state index contributed by atoms with van der Waals surface area (Å²) in [4.78, 5) is 18.5. The van der Waals surface area contributed by atoms with Crippen molar-refractivity contribution in [2.24, 2.45) is 11.8 Å². The van der Waals surface area contributed by atoms with E-state index in [2.05, 4.69) is 16.8 Å². The number of aliphatic carboxylic acids is 1. The number of hydrogen-bond donors (Lipinski definition) is 1. The fourth-order valence-corrected chi connectivity index (χ4v) is 5.42. The third kappa shape index (κ3) is 6.58. The average Bonchev–Trinajstić information content (AvgIpc) is 2.81. The zero-order chi connectivity index (χ0) is 22.9. The number of ether oxygens (including phenoxy) is 1. The van der Waals surface area contributed by atoms with E-state index in [1.54, 1.807) is 19.4 Å². The van der Waals surface area contributed by atoms with Gasteiger partial charge in [-0.05, 0) is 92.4 Å². The summed E-state index contributed by atoms with van der Waals surface area (Å²) in [6, 6.07) is 7.20. The second-order valence-corrected chi connectivity index (χ2v) is 9.81. The van der Waals surface area contributed by atoms with Crippen molar-refractivity contribution in [2.45, 2.75) is 45.2 Å². The molecule has 7 heteroatoms. The van der Waals surface area contributed by atoms with Crippen LogP contribution in [0.4, 0.5) is 4.39 Å². The van der Waals surface area contributed by atoms with Crippen LogP contribution in [-0.4, -0.2) is 59.2 Å². The summed E-state index contributed by atoms with van der Waals surface area (Å²) in [5.74, 6) is 1.82. The molecule has 1 aliphatic heterocycles. The van der Waals surface area contributed by atoms with Crippen LogP contribution in [0.3, 0.4) is 0 Å². The number of carboxylic acid groups (broad SMARTS) is 1. The number of fused-ring (bicyclic) bond motifs is 1. The number of pyridine rings is 1. The number of piperidine rings is 1. The molecule has 176 valence electrons. The summed E-state index contributed by atoms with van der Waals surface area (Å²) < 4.78 is 20.6. The Labute approximate surface area is 194 Å². The van der Waals surface area contributed by atoms with Crippen LogP contribution >= 0.6 is 11.8 Å². The molecule has 3 atom stereocenters. The molecule has 1 fully saturated rings. The minimum Gasteiger partial charge on any atom is -0.497 e. The molecule has 1 aromatic heterocycles. The van der Waals surface area contributed by atoms with Crippen molar-refractivity contribution >= 4 is 28.6 Å². The van der Waals surface area contributed by atoms with Gasteiger partial charge in [0, 0.05) is 18.1 Å². The molecule has 1 N–H and O–H groups in total. The lowest BCUT2D eigenvalue weighted by molar-refractivity contribution is -0.146. The maximum atomic E-state index is 15.3. The Morgan fingerprint density at radius 3 is 2.97 bits per heavy atom. The highest BCUT2D eigenvalue weighted by Gasteiger charge is 2.34. The number of carboxylic acids is 1. The van der Waals surface area contributed by atoms with Gasteiger partial charge in [0.15, 0.2) is 0 Å². The lowest BCUT2D eigenvalue weighted by Crippen LogP contribution is -2.44. The normalized spacial score (nSPS) is 20.3. The van der Waals surface area contributed by atoms with E-state index in [0.29, 0.717) is 30.7 Å². The van der Waals surface area contributed by atoms with Gasteiger partial charge in [-0.1, -0.05) is 6.92 Å². The summed E-state index contributed by atoms with van der Waals surface area (Å²) in [6.07, 6.45) is 4.47. The highest BCUT2D eigenvalue weighted by Crippen LogP contribution is 2.35. The minimum absolute atomic E-state index is 0.0131. The van der Waals surface area contributed by atoms with Gasteiger partial charge in [-0.2, -0.15) is 11.8 Å². The molecule has 0 unspecified atom stereocenters. The highest BCUT2D eigenvalue weighted by atomic mass is 32.2. The van der Waals surface area contributed by atoms with Crippen molar-refractivity contribution in [1.82, 2.24) is 9.88 Å². The maximum absolute atomic E-state index is 15.3. The zero-order valence-electron chi connectivity index (χ0n) is 19.1. The largest absolute Gasteiger partial charge is 0.497 e. The number of carbonyl (C=O) groups is 1. The van der Waals surface area contributed by atoms with Crippen molar-refractivity contribution in [3.63, 3.8) is 0 Å². The van der Waals surface area contributed by atoms with Gasteiger partial charge >= 0.3 is 5.97 Å². The fourth-order valence-electron chi connectivity index (χ4n) is 4.60. The van der Waals surface area contributed by atoms with Crippen LogP contribution in [0.5, 0.6) is 5.75 Å². The van der Waals surface area contributed by atoms with Crippen LogP contribution in [0.25, 0.3) is 10.9 Å². The molecule has 32 heavy (non-hydrogen) atoms. The van der Waals surface area contributed by atoms with Crippen LogP contribution in [0.15, 0.2) is 30.5 Å². The number of thioether (sulfide) groups is 1. The van der Waals surface area contributed by atoms with Crippen molar-refractivity contribution < 1.29 is 19.0 Å². The van der Waals surface area contributed by atoms with E-state index in [4.69, 9.17) is 4.74 Å². The molecule has 0 spiro atoms. The molecular weight excluding hydrogens is 427 g/mol. The third-order valence-electron chi connectivity index (χ3n) is 6.38. The average molecular weight is 463 g/mol. The number of hydrogen-bond acceptors (Lipinski definition) is 5. The lowest BCUT2D eigenvalue weighted by Gasteiger charge is -2.36. The first kappa shape index (κ1) is 24.8. The summed E-state index contributed by atoms with van der Waals surface area (Å²) in [5, 5.41) is 10.6. The molecule has 0 saturated carbocycles. The van der Waals surface area contributed by atoms with Gasteiger partial charge < -0.3 is 14.7 Å². The predicted octanol–water partition coefficient (Wildman–Crippen LogP) is 5.59. The summed E-state index contributed by atoms with van der Waals surface area (Å²) in [5.41, 5.74) is 1.34. The number of rotatable bonds is 12. The van der Waals surface area contributed by atoms with Gasteiger partial charge in [0.1, 0.15) is 11.9 Å². The molecule has 1 aromatic carbocycles. The number of benzene rings is 1. The van der Waals surface area contributed by atoms with Crippen molar-refractivity contribution in [1.29, 1.82) is 0 Å². The first-order valence-electron chi connectivity index (χ1n) is 11.6. The molecule has 0 amide bonds. The minimum atomic E-state index is -1.16. The maximum Gasteiger partial charge on any atom is 0.308 e. The quantitative estimate of drug-likeness (QED) is 0.415. The number of alkyl halides is 1. The number of methoxy groups -OCH3 is 1. The van der Waals surface area contributed by atoms with Crippen LogP contribution < -0.4 is 4.74 Å². The first-order valence-corrected chi connectivity index (χ1v) is 12.8. The van der Waals surface area contributed by atoms with Gasteiger partial charge in [0.2, 0.25) is 0 Å². The Morgan fingerprint density at radius 2 is 2.22 bits per heavy atom. The Morgan fingerprint density at radius 1 is 1.38 bits per heavy atom. The Balaban J connectivity index is 1.58. The molecule has 2 heterocycles. The molecular formula is C25H35FN2O3S. The van der Waals surface area contributed by atoms with E-state index >= 15 is 4.39 Å². The zero-order valence-corrected chi connectivity index (χ0v) is 20.0. The predicted molar refractivity (Wildman–Crippen MR) is 129 cm³/mol. The van der Waals surface area contributed by atoms with Gasteiger partial charge in [-0.15, -0.1) is 0 Å². The highest BCUT2D eigenvalue weighted by molar-refractivity contribution is 7.99. The molecule has 2 aromatic rings. The van der Waals surface area contributed by atoms with E-state index in [1.165, 1.54) is 12.2 Å². The van der Waals surface area contributed by atoms with Crippen LogP contribution in [0, 0.1) is 11.8 Å². The Bertz CT molecular complexity index is 881. The van der Waals surface area contributed by atoms with Crippen LogP contribution in [0.1, 0.15) is 50.8 Å². The second kappa shape index (κ2) is 12.4. The lowest BCUT2D eigenvalue weighted by atomic mass is 9.81. The molecule has 0 radical (unpaired) electrons. The van der Waals surface area contributed by atoms with Gasteiger partial charge in [-0.25, -0.2) is 4.39 Å². The SMILES string of the molecule is CCCSCCCN1CC[C@@H](CC[C@H](F)c2ccnc3ccc(OC)cc23)[C@@H](C(=O)O)C1. The molecule has 1 aliphatic rings. The number of likely N-dealkylation sites (tertiary alicyclic amines) is 1. The Hall–Kier alpha value is -1.86. The van der Waals surface area contributed by atoms with Crippen LogP contribution in [-0.2, 0) is 4.79 Å². The van der Waals surface area contributed by atoms with Crippen LogP contribution in [0.2, 0.25) is 0 Å². The van der Waals surface area contributed by atoms with Crippen molar-refractivity contribution in [3.8, 4) is 5.75 Å².